The number of aliphatic hydroxyl groups excluding tert-OH is 1. The fourth-order valence-electron chi connectivity index (χ4n) is 4.59. The zero-order chi connectivity index (χ0) is 27.2. The Kier molecular flexibility index (Phi) is 10.2. The Morgan fingerprint density at radius 3 is 2.42 bits per heavy atom. The summed E-state index contributed by atoms with van der Waals surface area (Å²) in [5.41, 5.74) is 7.13. The number of nitrogens with two attached hydrogens (primary N) is 1. The molecule has 0 saturated carbocycles. The van der Waals surface area contributed by atoms with Gasteiger partial charge in [-0.25, -0.2) is 4.79 Å². The molecule has 8 heteroatoms. The molecule has 0 radical (unpaired) electrons. The Balaban J connectivity index is 2.45. The SMILES string of the molecule is CC1=C2CCCC(C)C(O)C(C)/C=C(/C)C(OC(N)=O)C(C)/C=C\C=C(\C)C(=O)NC(=CC1=O)C2=O. The van der Waals surface area contributed by atoms with Crippen molar-refractivity contribution in [3.63, 3.8) is 0 Å². The van der Waals surface area contributed by atoms with E-state index in [2.05, 4.69) is 5.32 Å². The largest absolute Gasteiger partial charge is 0.441 e. The van der Waals surface area contributed by atoms with E-state index in [1.54, 1.807) is 32.1 Å². The first kappa shape index (κ1) is 29.0. The molecule has 0 aromatic carbocycles. The van der Waals surface area contributed by atoms with E-state index >= 15 is 0 Å². The molecule has 4 N–H and O–H groups in total. The van der Waals surface area contributed by atoms with Gasteiger partial charge in [0.1, 0.15) is 6.10 Å². The molecule has 1 aliphatic carbocycles. The van der Waals surface area contributed by atoms with Gasteiger partial charge < -0.3 is 20.9 Å². The number of amides is 2. The smallest absolute Gasteiger partial charge is 0.405 e. The minimum Gasteiger partial charge on any atom is -0.441 e. The zero-order valence-corrected chi connectivity index (χ0v) is 22.0. The van der Waals surface area contributed by atoms with Crippen molar-refractivity contribution in [3.8, 4) is 0 Å². The number of ether oxygens (including phenoxy) is 1. The Morgan fingerprint density at radius 2 is 1.78 bits per heavy atom. The number of hydrogen-bond donors (Lipinski definition) is 3. The maximum Gasteiger partial charge on any atom is 0.405 e. The molecule has 5 atom stereocenters. The maximum absolute atomic E-state index is 13.0. The fraction of sp³-hybridized carbons (Fsp3) is 0.500. The van der Waals surface area contributed by atoms with Crippen LogP contribution in [0.25, 0.3) is 0 Å². The number of primary amides is 1. The second-order valence-corrected chi connectivity index (χ2v) is 9.89. The van der Waals surface area contributed by atoms with E-state index in [9.17, 15) is 24.3 Å². The molecule has 2 aliphatic rings. The van der Waals surface area contributed by atoms with Crippen molar-refractivity contribution in [2.45, 2.75) is 73.0 Å². The number of Topliss-reactive ketones (excluding diaryl/α,β-unsaturated/α-hetero) is 1. The lowest BCUT2D eigenvalue weighted by atomic mass is 9.85. The normalized spacial score (nSPS) is 33.0. The summed E-state index contributed by atoms with van der Waals surface area (Å²) >= 11 is 0. The van der Waals surface area contributed by atoms with Gasteiger partial charge in [0.05, 0.1) is 11.8 Å². The lowest BCUT2D eigenvalue weighted by molar-refractivity contribution is -0.120. The molecule has 36 heavy (non-hydrogen) atoms. The van der Waals surface area contributed by atoms with Gasteiger partial charge in [-0.05, 0) is 51.5 Å². The Hall–Kier alpha value is -3.26. The van der Waals surface area contributed by atoms with Gasteiger partial charge in [-0.1, -0.05) is 45.1 Å². The van der Waals surface area contributed by atoms with Crippen molar-refractivity contribution >= 4 is 23.6 Å². The fourth-order valence-corrected chi connectivity index (χ4v) is 4.59. The molecule has 0 aromatic heterocycles. The second-order valence-electron chi connectivity index (χ2n) is 9.89. The predicted molar refractivity (Wildman–Crippen MR) is 137 cm³/mol. The van der Waals surface area contributed by atoms with Crippen LogP contribution in [0, 0.1) is 17.8 Å². The molecule has 0 saturated heterocycles. The monoisotopic (exact) mass is 498 g/mol. The standard InChI is InChI=1S/C28H38N2O6/c1-15-9-8-12-21-20(6)23(31)14-22(25(21)33)30-27(34)17(3)11-7-10-16(2)26(36-28(29)35)19(5)13-18(4)24(15)32/h7,10-11,13-16,18,24,26,32H,8-9,12H2,1-6H3,(H2,29,35)(H,30,34)/b10-7-,17-11-,19-13-. The van der Waals surface area contributed by atoms with Gasteiger partial charge >= 0.3 is 6.09 Å². The molecule has 8 nitrogen and oxygen atoms in total. The number of carbonyl (C=O) groups excluding carboxylic acids is 4. The number of rotatable bonds is 1. The van der Waals surface area contributed by atoms with Crippen molar-refractivity contribution in [2.75, 3.05) is 0 Å². The van der Waals surface area contributed by atoms with Gasteiger partial charge in [-0.2, -0.15) is 0 Å². The molecule has 2 rings (SSSR count). The lowest BCUT2D eigenvalue weighted by Gasteiger charge is -2.26. The number of carbonyl (C=O) groups is 4. The van der Waals surface area contributed by atoms with E-state index in [0.29, 0.717) is 36.0 Å². The molecule has 2 bridgehead atoms. The van der Waals surface area contributed by atoms with Crippen LogP contribution in [0.1, 0.15) is 60.8 Å². The summed E-state index contributed by atoms with van der Waals surface area (Å²) in [6, 6.07) is 0. The van der Waals surface area contributed by atoms with Crippen LogP contribution in [0.5, 0.6) is 0 Å². The molecule has 2 amide bonds. The Bertz CT molecular complexity index is 1060. The van der Waals surface area contributed by atoms with E-state index in [0.717, 1.165) is 5.57 Å². The van der Waals surface area contributed by atoms with Gasteiger partial charge in [-0.3, -0.25) is 14.4 Å². The quantitative estimate of drug-likeness (QED) is 0.371. The van der Waals surface area contributed by atoms with Crippen LogP contribution in [-0.4, -0.2) is 40.9 Å². The maximum atomic E-state index is 13.0. The average molecular weight is 499 g/mol. The second kappa shape index (κ2) is 12.6. The molecule has 0 fully saturated rings. The highest BCUT2D eigenvalue weighted by Crippen LogP contribution is 2.27. The van der Waals surface area contributed by atoms with Crippen molar-refractivity contribution < 1.29 is 29.0 Å². The molecule has 5 unspecified atom stereocenters. The molecule has 0 spiro atoms. The van der Waals surface area contributed by atoms with Gasteiger partial charge in [0.15, 0.2) is 5.78 Å². The van der Waals surface area contributed by atoms with Crippen LogP contribution in [0.4, 0.5) is 4.79 Å². The van der Waals surface area contributed by atoms with Crippen LogP contribution in [0.15, 0.2) is 58.4 Å². The summed E-state index contributed by atoms with van der Waals surface area (Å²) in [5, 5.41) is 13.5. The summed E-state index contributed by atoms with van der Waals surface area (Å²) in [6.45, 7) is 10.7. The summed E-state index contributed by atoms with van der Waals surface area (Å²) < 4.78 is 5.37. The topological polar surface area (TPSA) is 136 Å². The van der Waals surface area contributed by atoms with Crippen molar-refractivity contribution in [3.05, 3.63) is 58.4 Å². The summed E-state index contributed by atoms with van der Waals surface area (Å²) in [5.74, 6) is -1.75. The first-order valence-corrected chi connectivity index (χ1v) is 12.3. The summed E-state index contributed by atoms with van der Waals surface area (Å²) in [6.07, 6.45) is 7.45. The number of hydrogen-bond acceptors (Lipinski definition) is 6. The summed E-state index contributed by atoms with van der Waals surface area (Å²) in [7, 11) is 0. The van der Waals surface area contributed by atoms with Crippen LogP contribution < -0.4 is 11.1 Å². The lowest BCUT2D eigenvalue weighted by Crippen LogP contribution is -2.32. The number of aliphatic hydroxyl groups is 1. The molecule has 1 aliphatic heterocycles. The molecular weight excluding hydrogens is 460 g/mol. The number of fused-ring (bicyclic) bond motifs is 2. The molecule has 1 heterocycles. The third kappa shape index (κ3) is 7.37. The Labute approximate surface area is 213 Å². The van der Waals surface area contributed by atoms with Gasteiger partial charge in [0.25, 0.3) is 5.91 Å². The van der Waals surface area contributed by atoms with E-state index in [4.69, 9.17) is 10.5 Å². The predicted octanol–water partition coefficient (Wildman–Crippen LogP) is 3.82. The Morgan fingerprint density at radius 1 is 1.11 bits per heavy atom. The third-order valence-corrected chi connectivity index (χ3v) is 6.89. The first-order valence-electron chi connectivity index (χ1n) is 12.3. The highest BCUT2D eigenvalue weighted by Gasteiger charge is 2.28. The van der Waals surface area contributed by atoms with Crippen LogP contribution in [0.2, 0.25) is 0 Å². The third-order valence-electron chi connectivity index (χ3n) is 6.89. The van der Waals surface area contributed by atoms with Crippen LogP contribution >= 0.6 is 0 Å². The molecular formula is C28H38N2O6. The molecule has 196 valence electrons. The number of allylic oxidation sites excluding steroid dienone is 5. The van der Waals surface area contributed by atoms with E-state index in [-0.39, 0.29) is 35.0 Å². The van der Waals surface area contributed by atoms with Gasteiger partial charge in [-0.15, -0.1) is 0 Å². The molecule has 0 aromatic rings. The van der Waals surface area contributed by atoms with Gasteiger partial charge in [0, 0.05) is 34.6 Å². The minimum absolute atomic E-state index is 0.0370. The zero-order valence-electron chi connectivity index (χ0n) is 22.0. The van der Waals surface area contributed by atoms with Crippen molar-refractivity contribution in [1.29, 1.82) is 0 Å². The van der Waals surface area contributed by atoms with E-state index in [1.807, 2.05) is 33.8 Å². The van der Waals surface area contributed by atoms with E-state index in [1.165, 1.54) is 6.08 Å². The highest BCUT2D eigenvalue weighted by atomic mass is 16.6. The van der Waals surface area contributed by atoms with Crippen molar-refractivity contribution in [2.24, 2.45) is 23.5 Å². The summed E-state index contributed by atoms with van der Waals surface area (Å²) in [4.78, 5) is 49.8. The van der Waals surface area contributed by atoms with Crippen molar-refractivity contribution in [1.82, 2.24) is 5.32 Å². The van der Waals surface area contributed by atoms with Crippen LogP contribution in [-0.2, 0) is 19.1 Å². The van der Waals surface area contributed by atoms with Gasteiger partial charge in [0.2, 0.25) is 5.78 Å². The highest BCUT2D eigenvalue weighted by molar-refractivity contribution is 6.23. The van der Waals surface area contributed by atoms with E-state index < -0.39 is 24.2 Å². The minimum atomic E-state index is -0.901. The number of ketones is 2. The first-order chi connectivity index (χ1) is 16.8. The number of nitrogens with one attached hydrogen (secondary N) is 1. The van der Waals surface area contributed by atoms with Crippen LogP contribution in [0.3, 0.4) is 0 Å². The average Bonchev–Trinajstić information content (AvgIpc) is 2.81.